The number of rotatable bonds is 11. The molecule has 1 aromatic heterocycles. The Morgan fingerprint density at radius 3 is 2.59 bits per heavy atom. The van der Waals surface area contributed by atoms with Gasteiger partial charge in [-0.25, -0.2) is 4.79 Å². The zero-order valence-corrected chi connectivity index (χ0v) is 19.1. The molecule has 1 saturated heterocycles. The van der Waals surface area contributed by atoms with Gasteiger partial charge in [0.05, 0.1) is 6.61 Å². The van der Waals surface area contributed by atoms with E-state index in [1.807, 2.05) is 30.3 Å². The fourth-order valence-electron chi connectivity index (χ4n) is 3.80. The van der Waals surface area contributed by atoms with Crippen LogP contribution in [-0.4, -0.2) is 53.9 Å². The first-order valence-corrected chi connectivity index (χ1v) is 11.4. The molecule has 1 fully saturated rings. The van der Waals surface area contributed by atoms with Gasteiger partial charge in [-0.15, -0.1) is 0 Å². The number of H-pyrrole nitrogens is 1. The number of aromatic nitrogens is 1. The monoisotopic (exact) mass is 466 g/mol. The maximum atomic E-state index is 13.3. The summed E-state index contributed by atoms with van der Waals surface area (Å²) in [6.45, 7) is 2.51. The zero-order valence-electron chi connectivity index (χ0n) is 19.1. The Balaban J connectivity index is 1.76. The Morgan fingerprint density at radius 2 is 1.94 bits per heavy atom. The highest BCUT2D eigenvalue weighted by molar-refractivity contribution is 5.96. The number of amides is 3. The molecule has 0 saturated carbocycles. The molecule has 2 aromatic rings. The van der Waals surface area contributed by atoms with E-state index in [0.29, 0.717) is 25.1 Å². The van der Waals surface area contributed by atoms with E-state index in [4.69, 9.17) is 4.74 Å². The van der Waals surface area contributed by atoms with Crippen LogP contribution in [0.25, 0.3) is 0 Å². The van der Waals surface area contributed by atoms with Crippen molar-refractivity contribution in [2.75, 3.05) is 13.2 Å². The first-order valence-electron chi connectivity index (χ1n) is 11.4. The second-order valence-corrected chi connectivity index (χ2v) is 8.04. The average molecular weight is 467 g/mol. The minimum absolute atomic E-state index is 0.0790. The molecule has 0 aliphatic carbocycles. The minimum Gasteiger partial charge on any atom is -0.463 e. The van der Waals surface area contributed by atoms with E-state index in [-0.39, 0.29) is 24.9 Å². The summed E-state index contributed by atoms with van der Waals surface area (Å²) in [7, 11) is 0. The first-order chi connectivity index (χ1) is 16.5. The molecule has 34 heavy (non-hydrogen) atoms. The van der Waals surface area contributed by atoms with Gasteiger partial charge in [-0.1, -0.05) is 36.4 Å². The number of aromatic amines is 1. The average Bonchev–Trinajstić information content (AvgIpc) is 3.50. The largest absolute Gasteiger partial charge is 0.463 e. The van der Waals surface area contributed by atoms with Crippen molar-refractivity contribution in [1.29, 1.82) is 0 Å². The quantitative estimate of drug-likeness (QED) is 0.295. The summed E-state index contributed by atoms with van der Waals surface area (Å²) in [5.41, 5.74) is 1.22. The Bertz CT molecular complexity index is 1000. The molecule has 0 unspecified atom stereocenters. The van der Waals surface area contributed by atoms with Gasteiger partial charge in [-0.3, -0.25) is 14.4 Å². The second-order valence-electron chi connectivity index (χ2n) is 8.04. The van der Waals surface area contributed by atoms with Gasteiger partial charge in [0.25, 0.3) is 5.91 Å². The highest BCUT2D eigenvalue weighted by atomic mass is 16.5. The number of carbonyl (C=O) groups is 4. The number of ether oxygens (including phenoxy) is 1. The number of hydrogen-bond acceptors (Lipinski definition) is 5. The van der Waals surface area contributed by atoms with Gasteiger partial charge in [0.2, 0.25) is 11.8 Å². The molecule has 0 bridgehead atoms. The zero-order chi connectivity index (χ0) is 24.3. The second kappa shape index (κ2) is 12.4. The standard InChI is InChI=1S/C25H30N4O5/c1-2-34-22(30)11-10-19(16-18-12-14-27-23(18)31)28-25(33)21(15-17-7-4-3-5-8-17)29-24(32)20-9-6-13-26-20/h3-11,13,18-19,21,26H,2,12,14-16H2,1H3,(H,27,31)(H,28,33)(H,29,32)/t18-,19+,21-/m0/s1. The van der Waals surface area contributed by atoms with E-state index in [1.54, 1.807) is 25.3 Å². The Labute approximate surface area is 198 Å². The van der Waals surface area contributed by atoms with E-state index in [0.717, 1.165) is 5.56 Å². The number of carbonyl (C=O) groups excluding carboxylic acids is 4. The summed E-state index contributed by atoms with van der Waals surface area (Å²) in [5.74, 6) is -1.71. The lowest BCUT2D eigenvalue weighted by Gasteiger charge is -2.23. The van der Waals surface area contributed by atoms with Gasteiger partial charge < -0.3 is 25.7 Å². The van der Waals surface area contributed by atoms with Crippen molar-refractivity contribution in [1.82, 2.24) is 20.9 Å². The molecule has 3 amide bonds. The molecule has 2 heterocycles. The van der Waals surface area contributed by atoms with Crippen molar-refractivity contribution >= 4 is 23.7 Å². The molecular formula is C25H30N4O5. The molecule has 3 atom stereocenters. The van der Waals surface area contributed by atoms with E-state index in [2.05, 4.69) is 20.9 Å². The van der Waals surface area contributed by atoms with E-state index in [1.165, 1.54) is 12.2 Å². The SMILES string of the molecule is CCOC(=O)C=C[C@H](C[C@@H]1CCNC1=O)NC(=O)[C@H](Cc1ccccc1)NC(=O)c1ccc[nH]1. The van der Waals surface area contributed by atoms with Crippen LogP contribution in [0.4, 0.5) is 0 Å². The van der Waals surface area contributed by atoms with Crippen molar-refractivity contribution in [3.05, 3.63) is 72.1 Å². The summed E-state index contributed by atoms with van der Waals surface area (Å²) >= 11 is 0. The maximum absolute atomic E-state index is 13.3. The number of nitrogens with one attached hydrogen (secondary N) is 4. The summed E-state index contributed by atoms with van der Waals surface area (Å²) in [4.78, 5) is 52.7. The van der Waals surface area contributed by atoms with Gasteiger partial charge in [0.1, 0.15) is 11.7 Å². The van der Waals surface area contributed by atoms with Crippen molar-refractivity contribution in [3.63, 3.8) is 0 Å². The predicted octanol–water partition coefficient (Wildman–Crippen LogP) is 1.49. The number of benzene rings is 1. The molecule has 1 aromatic carbocycles. The maximum Gasteiger partial charge on any atom is 0.330 e. The summed E-state index contributed by atoms with van der Waals surface area (Å²) in [6, 6.07) is 11.2. The van der Waals surface area contributed by atoms with Crippen LogP contribution in [0, 0.1) is 5.92 Å². The van der Waals surface area contributed by atoms with E-state index in [9.17, 15) is 19.2 Å². The number of hydrogen-bond donors (Lipinski definition) is 4. The molecule has 1 aliphatic heterocycles. The van der Waals surface area contributed by atoms with E-state index >= 15 is 0 Å². The van der Waals surface area contributed by atoms with Gasteiger partial charge in [-0.2, -0.15) is 0 Å². The molecule has 180 valence electrons. The lowest BCUT2D eigenvalue weighted by atomic mass is 9.97. The molecule has 4 N–H and O–H groups in total. The van der Waals surface area contributed by atoms with Gasteiger partial charge >= 0.3 is 5.97 Å². The van der Waals surface area contributed by atoms with Crippen LogP contribution in [0.2, 0.25) is 0 Å². The Morgan fingerprint density at radius 1 is 1.15 bits per heavy atom. The van der Waals surface area contributed by atoms with Crippen LogP contribution in [0.15, 0.2) is 60.8 Å². The highest BCUT2D eigenvalue weighted by Gasteiger charge is 2.29. The third kappa shape index (κ3) is 7.33. The van der Waals surface area contributed by atoms with Crippen LogP contribution >= 0.6 is 0 Å². The smallest absolute Gasteiger partial charge is 0.330 e. The van der Waals surface area contributed by atoms with Crippen LogP contribution in [0.5, 0.6) is 0 Å². The fourth-order valence-corrected chi connectivity index (χ4v) is 3.80. The molecular weight excluding hydrogens is 436 g/mol. The van der Waals surface area contributed by atoms with Gasteiger partial charge in [0.15, 0.2) is 0 Å². The summed E-state index contributed by atoms with van der Waals surface area (Å²) in [6.07, 6.45) is 5.67. The molecule has 0 radical (unpaired) electrons. The molecule has 9 heteroatoms. The highest BCUT2D eigenvalue weighted by Crippen LogP contribution is 2.17. The lowest BCUT2D eigenvalue weighted by molar-refractivity contribution is -0.137. The third-order valence-corrected chi connectivity index (χ3v) is 5.53. The first kappa shape index (κ1) is 24.8. The van der Waals surface area contributed by atoms with E-state index < -0.39 is 29.9 Å². The lowest BCUT2D eigenvalue weighted by Crippen LogP contribution is -2.51. The van der Waals surface area contributed by atoms with Crippen LogP contribution in [-0.2, 0) is 25.5 Å². The fraction of sp³-hybridized carbons (Fsp3) is 0.360. The van der Waals surface area contributed by atoms with Gasteiger partial charge in [-0.05, 0) is 37.5 Å². The summed E-state index contributed by atoms with van der Waals surface area (Å²) < 4.78 is 4.93. The molecule has 1 aliphatic rings. The van der Waals surface area contributed by atoms with Crippen LogP contribution in [0.1, 0.15) is 35.8 Å². The van der Waals surface area contributed by atoms with Crippen molar-refractivity contribution in [2.24, 2.45) is 5.92 Å². The van der Waals surface area contributed by atoms with Crippen molar-refractivity contribution in [2.45, 2.75) is 38.3 Å². The number of esters is 1. The Kier molecular flexibility index (Phi) is 9.02. The molecule has 0 spiro atoms. The normalized spacial score (nSPS) is 17.1. The van der Waals surface area contributed by atoms with Gasteiger partial charge in [0, 0.05) is 37.2 Å². The molecule has 9 nitrogen and oxygen atoms in total. The Hall–Kier alpha value is -3.88. The van der Waals surface area contributed by atoms with Crippen LogP contribution < -0.4 is 16.0 Å². The van der Waals surface area contributed by atoms with Crippen molar-refractivity contribution in [3.8, 4) is 0 Å². The summed E-state index contributed by atoms with van der Waals surface area (Å²) in [5, 5.41) is 8.46. The van der Waals surface area contributed by atoms with Crippen molar-refractivity contribution < 1.29 is 23.9 Å². The topological polar surface area (TPSA) is 129 Å². The molecule has 3 rings (SSSR count). The van der Waals surface area contributed by atoms with Crippen LogP contribution in [0.3, 0.4) is 0 Å². The minimum atomic E-state index is -0.867. The predicted molar refractivity (Wildman–Crippen MR) is 126 cm³/mol. The third-order valence-electron chi connectivity index (χ3n) is 5.53.